The summed E-state index contributed by atoms with van der Waals surface area (Å²) < 4.78 is 32.8. The van der Waals surface area contributed by atoms with Gasteiger partial charge in [0.1, 0.15) is 0 Å². The second kappa shape index (κ2) is 13.6. The number of aromatic nitrogens is 3. The van der Waals surface area contributed by atoms with E-state index in [1.165, 1.54) is 6.07 Å². The van der Waals surface area contributed by atoms with Gasteiger partial charge in [0.05, 0.1) is 27.4 Å². The third-order valence-corrected chi connectivity index (χ3v) is 8.58. The summed E-state index contributed by atoms with van der Waals surface area (Å²) in [6, 6.07) is 6.72. The minimum Gasteiger partial charge on any atom is -0.421 e. The van der Waals surface area contributed by atoms with Gasteiger partial charge in [-0.05, 0) is 61.4 Å². The maximum Gasteiger partial charge on any atom is 0.261 e. The van der Waals surface area contributed by atoms with Crippen molar-refractivity contribution in [2.75, 3.05) is 13.1 Å². The summed E-state index contributed by atoms with van der Waals surface area (Å²) in [7, 11) is 0. The minimum absolute atomic E-state index is 0.0176. The lowest BCUT2D eigenvalue weighted by atomic mass is 9.91. The van der Waals surface area contributed by atoms with E-state index in [4.69, 9.17) is 15.1 Å². The van der Waals surface area contributed by atoms with E-state index in [9.17, 15) is 23.2 Å². The molecule has 45 heavy (non-hydrogen) atoms. The molecular weight excluding hydrogens is 602 g/mol. The number of halogens is 2. The first-order valence-electron chi connectivity index (χ1n) is 14.8. The average Bonchev–Trinajstić information content (AvgIpc) is 3.78. The van der Waals surface area contributed by atoms with Crippen LogP contribution in [-0.2, 0) is 24.2 Å². The van der Waals surface area contributed by atoms with Crippen LogP contribution in [0.4, 0.5) is 8.78 Å². The smallest absolute Gasteiger partial charge is 0.261 e. The number of carbonyl (C=O) groups excluding carboxylic acids is 3. The molecule has 0 saturated carbocycles. The normalized spacial score (nSPS) is 13.1. The number of rotatable bonds is 11. The maximum absolute atomic E-state index is 13.7. The highest BCUT2D eigenvalue weighted by Crippen LogP contribution is 2.42. The third kappa shape index (κ3) is 7.25. The van der Waals surface area contributed by atoms with Crippen molar-refractivity contribution < 1.29 is 27.6 Å². The van der Waals surface area contributed by atoms with Gasteiger partial charge in [-0.2, -0.15) is 0 Å². The van der Waals surface area contributed by atoms with Crippen LogP contribution in [0.2, 0.25) is 0 Å². The number of nitrogens with two attached hydrogens (primary N) is 1. The van der Waals surface area contributed by atoms with Gasteiger partial charge in [-0.15, -0.1) is 21.5 Å². The average molecular weight is 637 g/mol. The number of likely N-dealkylation sites (tertiary alicyclic amines) is 1. The number of benzene rings is 1. The second-order valence-corrected chi connectivity index (χ2v) is 12.5. The summed E-state index contributed by atoms with van der Waals surface area (Å²) in [4.78, 5) is 46.8. The zero-order valence-corrected chi connectivity index (χ0v) is 26.1. The number of thiophene rings is 1. The van der Waals surface area contributed by atoms with Crippen LogP contribution < -0.4 is 11.1 Å². The molecule has 1 aromatic carbocycles. The monoisotopic (exact) mass is 636 g/mol. The molecule has 3 N–H and O–H groups in total. The Morgan fingerprint density at radius 3 is 2.44 bits per heavy atom. The fourth-order valence-corrected chi connectivity index (χ4v) is 6.39. The number of hydrogen-bond acceptors (Lipinski definition) is 8. The van der Waals surface area contributed by atoms with Crippen LogP contribution in [0.15, 0.2) is 34.7 Å². The summed E-state index contributed by atoms with van der Waals surface area (Å²) in [6.07, 6.45) is 2.85. The summed E-state index contributed by atoms with van der Waals surface area (Å²) in [6.45, 7) is 7.07. The van der Waals surface area contributed by atoms with Crippen molar-refractivity contribution in [1.82, 2.24) is 25.4 Å². The molecule has 1 fully saturated rings. The SMILES string of the molecule is Cc1nnc(-c2c(CCC(=O)N3CCCC3)nc(CC(C)C)c(C(N)=O)c2-c2ccc(C(=O)NCc3ccc(F)c(F)c3)s2)o1. The molecule has 0 spiro atoms. The van der Waals surface area contributed by atoms with Gasteiger partial charge in [0, 0.05) is 43.4 Å². The lowest BCUT2D eigenvalue weighted by Gasteiger charge is -2.20. The second-order valence-electron chi connectivity index (χ2n) is 11.4. The number of pyridine rings is 1. The Kier molecular flexibility index (Phi) is 9.66. The standard InChI is InChI=1S/C32H34F2N6O4S/c1-17(2)14-23-27(30(35)42)29(24-9-10-25(45-24)31(43)36-16-19-6-7-20(33)21(34)15-19)28(32-39-38-18(3)44-32)22(37-23)8-11-26(41)40-12-4-5-13-40/h6-7,9-10,15,17H,4-5,8,11-14,16H2,1-3H3,(H2,35,42)(H,36,43). The van der Waals surface area contributed by atoms with Gasteiger partial charge in [0.2, 0.25) is 17.7 Å². The molecule has 0 aliphatic carbocycles. The van der Waals surface area contributed by atoms with Gasteiger partial charge >= 0.3 is 0 Å². The van der Waals surface area contributed by atoms with E-state index in [0.717, 1.165) is 49.4 Å². The topological polar surface area (TPSA) is 144 Å². The number of nitrogens with zero attached hydrogens (tertiary/aromatic N) is 4. The van der Waals surface area contributed by atoms with E-state index < -0.39 is 23.4 Å². The Morgan fingerprint density at radius 2 is 1.80 bits per heavy atom. The zero-order valence-electron chi connectivity index (χ0n) is 25.3. The van der Waals surface area contributed by atoms with E-state index in [2.05, 4.69) is 15.5 Å². The molecule has 0 atom stereocenters. The molecule has 1 aliphatic rings. The number of aryl methyl sites for hydroxylation is 2. The Labute approximate surface area is 263 Å². The van der Waals surface area contributed by atoms with Gasteiger partial charge in [-0.3, -0.25) is 19.4 Å². The van der Waals surface area contributed by atoms with Crippen LogP contribution in [0.3, 0.4) is 0 Å². The van der Waals surface area contributed by atoms with Gasteiger partial charge in [0.25, 0.3) is 11.8 Å². The maximum atomic E-state index is 13.7. The number of primary amides is 1. The fraction of sp³-hybridized carbons (Fsp3) is 0.375. The molecule has 0 radical (unpaired) electrons. The summed E-state index contributed by atoms with van der Waals surface area (Å²) >= 11 is 1.12. The molecule has 1 saturated heterocycles. The van der Waals surface area contributed by atoms with Gasteiger partial charge < -0.3 is 20.4 Å². The van der Waals surface area contributed by atoms with Crippen molar-refractivity contribution in [2.24, 2.45) is 11.7 Å². The highest BCUT2D eigenvalue weighted by Gasteiger charge is 2.30. The summed E-state index contributed by atoms with van der Waals surface area (Å²) in [5.41, 5.74) is 8.36. The molecule has 5 rings (SSSR count). The van der Waals surface area contributed by atoms with Gasteiger partial charge in [0.15, 0.2) is 11.6 Å². The van der Waals surface area contributed by atoms with Crippen LogP contribution in [-0.4, -0.2) is 50.9 Å². The van der Waals surface area contributed by atoms with Crippen LogP contribution >= 0.6 is 11.3 Å². The molecule has 3 amide bonds. The van der Waals surface area contributed by atoms with E-state index in [0.29, 0.717) is 50.1 Å². The predicted octanol–water partition coefficient (Wildman–Crippen LogP) is 5.23. The molecule has 13 heteroatoms. The van der Waals surface area contributed by atoms with Gasteiger partial charge in [-0.25, -0.2) is 8.78 Å². The van der Waals surface area contributed by atoms with E-state index in [-0.39, 0.29) is 42.7 Å². The highest BCUT2D eigenvalue weighted by molar-refractivity contribution is 7.17. The van der Waals surface area contributed by atoms with Crippen LogP contribution in [0.1, 0.15) is 76.0 Å². The van der Waals surface area contributed by atoms with Crippen molar-refractivity contribution in [2.45, 2.75) is 59.4 Å². The molecule has 236 valence electrons. The Bertz CT molecular complexity index is 1750. The molecule has 4 aromatic rings. The van der Waals surface area contributed by atoms with E-state index in [1.807, 2.05) is 18.7 Å². The van der Waals surface area contributed by atoms with Crippen molar-refractivity contribution in [3.63, 3.8) is 0 Å². The van der Waals surface area contributed by atoms with Crippen molar-refractivity contribution in [1.29, 1.82) is 0 Å². The number of hydrogen-bond donors (Lipinski definition) is 2. The Morgan fingerprint density at radius 1 is 1.04 bits per heavy atom. The minimum atomic E-state index is -1.00. The van der Waals surface area contributed by atoms with Crippen LogP contribution in [0, 0.1) is 24.5 Å². The molecule has 4 heterocycles. The van der Waals surface area contributed by atoms with E-state index in [1.54, 1.807) is 19.1 Å². The predicted molar refractivity (Wildman–Crippen MR) is 164 cm³/mol. The van der Waals surface area contributed by atoms with Crippen LogP contribution in [0.25, 0.3) is 21.9 Å². The van der Waals surface area contributed by atoms with E-state index >= 15 is 0 Å². The first-order chi connectivity index (χ1) is 21.5. The lowest BCUT2D eigenvalue weighted by molar-refractivity contribution is -0.130. The number of nitrogens with one attached hydrogen (secondary N) is 1. The largest absolute Gasteiger partial charge is 0.421 e. The number of carbonyl (C=O) groups is 3. The van der Waals surface area contributed by atoms with Crippen molar-refractivity contribution in [3.05, 3.63) is 75.2 Å². The van der Waals surface area contributed by atoms with Gasteiger partial charge in [-0.1, -0.05) is 19.9 Å². The molecule has 0 bridgehead atoms. The van der Waals surface area contributed by atoms with Crippen molar-refractivity contribution in [3.8, 4) is 21.9 Å². The summed E-state index contributed by atoms with van der Waals surface area (Å²) in [5, 5.41) is 11.0. The summed E-state index contributed by atoms with van der Waals surface area (Å²) in [5.74, 6) is -2.57. The van der Waals surface area contributed by atoms with Crippen molar-refractivity contribution >= 4 is 29.1 Å². The molecule has 0 unspecified atom stereocenters. The highest BCUT2D eigenvalue weighted by atomic mass is 32.1. The molecule has 3 aromatic heterocycles. The first-order valence-corrected chi connectivity index (χ1v) is 15.6. The molecule has 1 aliphatic heterocycles. The molecular formula is C32H34F2N6O4S. The lowest BCUT2D eigenvalue weighted by Crippen LogP contribution is -2.28. The number of amides is 3. The third-order valence-electron chi connectivity index (χ3n) is 7.48. The van der Waals surface area contributed by atoms with Crippen LogP contribution in [0.5, 0.6) is 0 Å². The zero-order chi connectivity index (χ0) is 32.2. The quantitative estimate of drug-likeness (QED) is 0.229. The molecule has 10 nitrogen and oxygen atoms in total. The Balaban J connectivity index is 1.58. The fourth-order valence-electron chi connectivity index (χ4n) is 5.41. The first kappa shape index (κ1) is 31.9. The Hall–Kier alpha value is -4.52.